The molecular weight excluding hydrogens is 376 g/mol. The molecule has 2 amide bonds. The lowest BCUT2D eigenvalue weighted by Crippen LogP contribution is -2.51. The van der Waals surface area contributed by atoms with Gasteiger partial charge in [-0.05, 0) is 30.9 Å². The van der Waals surface area contributed by atoms with Crippen LogP contribution in [-0.4, -0.2) is 53.9 Å². The molecule has 2 heterocycles. The van der Waals surface area contributed by atoms with Gasteiger partial charge in [0, 0.05) is 19.6 Å². The number of nitrogens with zero attached hydrogens (tertiary/aromatic N) is 2. The molecule has 2 aromatic carbocycles. The highest BCUT2D eigenvalue weighted by Crippen LogP contribution is 2.28. The van der Waals surface area contributed by atoms with Crippen LogP contribution in [0.5, 0.6) is 0 Å². The molecule has 3 unspecified atom stereocenters. The van der Waals surface area contributed by atoms with Crippen LogP contribution >= 0.6 is 0 Å². The second kappa shape index (κ2) is 9.43. The topological polar surface area (TPSA) is 49.9 Å². The van der Waals surface area contributed by atoms with Gasteiger partial charge in [-0.3, -0.25) is 9.59 Å². The maximum absolute atomic E-state index is 13.3. The Hall–Kier alpha value is -2.66. The van der Waals surface area contributed by atoms with Gasteiger partial charge in [-0.25, -0.2) is 0 Å². The first-order valence-corrected chi connectivity index (χ1v) is 10.9. The Kier molecular flexibility index (Phi) is 6.48. The lowest BCUT2D eigenvalue weighted by atomic mass is 9.95. The fraction of sp³-hybridized carbons (Fsp3) is 0.440. The third-order valence-corrected chi connectivity index (χ3v) is 6.06. The maximum Gasteiger partial charge on any atom is 0.227 e. The SMILES string of the molecule is CC1CN(C(=O)C2CCCN(C(=O)Cc3ccccc3)C2)CC(c2ccccc2)O1. The monoisotopic (exact) mass is 406 g/mol. The average molecular weight is 407 g/mol. The van der Waals surface area contributed by atoms with Crippen molar-refractivity contribution in [2.45, 2.75) is 38.4 Å². The van der Waals surface area contributed by atoms with Crippen LogP contribution < -0.4 is 0 Å². The largest absolute Gasteiger partial charge is 0.367 e. The number of hydrogen-bond donors (Lipinski definition) is 0. The van der Waals surface area contributed by atoms with Crippen molar-refractivity contribution in [1.29, 1.82) is 0 Å². The standard InChI is InChI=1S/C25H30N2O3/c1-19-16-27(18-23(30-19)21-11-6-3-7-12-21)25(29)22-13-8-14-26(17-22)24(28)15-20-9-4-2-5-10-20/h2-7,9-12,19,22-23H,8,13-18H2,1H3. The molecule has 2 aromatic rings. The summed E-state index contributed by atoms with van der Waals surface area (Å²) in [4.78, 5) is 29.9. The summed E-state index contributed by atoms with van der Waals surface area (Å²) in [6.07, 6.45) is 2.01. The van der Waals surface area contributed by atoms with Crippen LogP contribution in [0.3, 0.4) is 0 Å². The molecule has 0 bridgehead atoms. The Labute approximate surface area is 178 Å². The molecule has 0 aromatic heterocycles. The number of likely N-dealkylation sites (tertiary alicyclic amines) is 1. The summed E-state index contributed by atoms with van der Waals surface area (Å²) in [7, 11) is 0. The normalized spacial score (nSPS) is 24.5. The first-order chi connectivity index (χ1) is 14.6. The molecule has 4 rings (SSSR count). The van der Waals surface area contributed by atoms with Crippen molar-refractivity contribution in [2.24, 2.45) is 5.92 Å². The summed E-state index contributed by atoms with van der Waals surface area (Å²) < 4.78 is 6.11. The zero-order chi connectivity index (χ0) is 20.9. The van der Waals surface area contributed by atoms with Gasteiger partial charge < -0.3 is 14.5 Å². The molecule has 0 saturated carbocycles. The second-order valence-corrected chi connectivity index (χ2v) is 8.43. The lowest BCUT2D eigenvalue weighted by molar-refractivity contribution is -0.152. The van der Waals surface area contributed by atoms with E-state index in [4.69, 9.17) is 4.74 Å². The highest BCUT2D eigenvalue weighted by Gasteiger charge is 2.35. The molecule has 2 aliphatic heterocycles. The predicted octanol–water partition coefficient (Wildman–Crippen LogP) is 3.46. The Morgan fingerprint density at radius 1 is 0.933 bits per heavy atom. The number of rotatable bonds is 4. The Morgan fingerprint density at radius 3 is 2.37 bits per heavy atom. The van der Waals surface area contributed by atoms with E-state index in [-0.39, 0.29) is 29.9 Å². The number of morpholine rings is 1. The number of carbonyl (C=O) groups excluding carboxylic acids is 2. The predicted molar refractivity (Wildman–Crippen MR) is 116 cm³/mol. The van der Waals surface area contributed by atoms with Crippen LogP contribution in [0.1, 0.15) is 37.0 Å². The Bertz CT molecular complexity index is 855. The summed E-state index contributed by atoms with van der Waals surface area (Å²) >= 11 is 0. The van der Waals surface area contributed by atoms with Crippen LogP contribution in [0.4, 0.5) is 0 Å². The third kappa shape index (κ3) is 4.90. The summed E-state index contributed by atoms with van der Waals surface area (Å²) in [5.74, 6) is 0.139. The lowest BCUT2D eigenvalue weighted by Gasteiger charge is -2.40. The van der Waals surface area contributed by atoms with E-state index in [0.29, 0.717) is 26.1 Å². The van der Waals surface area contributed by atoms with Crippen LogP contribution in [0.25, 0.3) is 0 Å². The number of carbonyl (C=O) groups is 2. The second-order valence-electron chi connectivity index (χ2n) is 8.43. The van der Waals surface area contributed by atoms with E-state index < -0.39 is 0 Å². The number of hydrogen-bond acceptors (Lipinski definition) is 3. The van der Waals surface area contributed by atoms with Crippen molar-refractivity contribution in [1.82, 2.24) is 9.80 Å². The van der Waals surface area contributed by atoms with E-state index in [1.165, 1.54) is 0 Å². The zero-order valence-corrected chi connectivity index (χ0v) is 17.6. The molecule has 2 aliphatic rings. The van der Waals surface area contributed by atoms with E-state index in [0.717, 1.165) is 30.5 Å². The van der Waals surface area contributed by atoms with Gasteiger partial charge in [0.1, 0.15) is 6.10 Å². The molecule has 0 N–H and O–H groups in total. The maximum atomic E-state index is 13.3. The summed E-state index contributed by atoms with van der Waals surface area (Å²) in [5.41, 5.74) is 2.12. The summed E-state index contributed by atoms with van der Waals surface area (Å²) in [6.45, 7) is 4.46. The Balaban J connectivity index is 1.39. The van der Waals surface area contributed by atoms with Crippen molar-refractivity contribution in [3.63, 3.8) is 0 Å². The number of amides is 2. The van der Waals surface area contributed by atoms with Crippen LogP contribution in [0.2, 0.25) is 0 Å². The van der Waals surface area contributed by atoms with Crippen molar-refractivity contribution >= 4 is 11.8 Å². The molecule has 0 spiro atoms. The minimum atomic E-state index is -0.125. The molecule has 30 heavy (non-hydrogen) atoms. The van der Waals surface area contributed by atoms with Crippen molar-refractivity contribution in [3.8, 4) is 0 Å². The van der Waals surface area contributed by atoms with Crippen molar-refractivity contribution in [2.75, 3.05) is 26.2 Å². The van der Waals surface area contributed by atoms with Gasteiger partial charge in [-0.2, -0.15) is 0 Å². The molecule has 0 aliphatic carbocycles. The van der Waals surface area contributed by atoms with Gasteiger partial charge >= 0.3 is 0 Å². The summed E-state index contributed by atoms with van der Waals surface area (Å²) in [5, 5.41) is 0. The highest BCUT2D eigenvalue weighted by atomic mass is 16.5. The van der Waals surface area contributed by atoms with Crippen molar-refractivity contribution < 1.29 is 14.3 Å². The van der Waals surface area contributed by atoms with Crippen LogP contribution in [0.15, 0.2) is 60.7 Å². The van der Waals surface area contributed by atoms with Gasteiger partial charge in [0.2, 0.25) is 11.8 Å². The fourth-order valence-electron chi connectivity index (χ4n) is 4.53. The molecule has 5 nitrogen and oxygen atoms in total. The van der Waals surface area contributed by atoms with Crippen molar-refractivity contribution in [3.05, 3.63) is 71.8 Å². The summed E-state index contributed by atoms with van der Waals surface area (Å²) in [6, 6.07) is 19.9. The average Bonchev–Trinajstić information content (AvgIpc) is 2.79. The van der Waals surface area contributed by atoms with E-state index in [9.17, 15) is 9.59 Å². The van der Waals surface area contributed by atoms with Gasteiger partial charge in [-0.1, -0.05) is 60.7 Å². The van der Waals surface area contributed by atoms with Crippen LogP contribution in [-0.2, 0) is 20.7 Å². The van der Waals surface area contributed by atoms with E-state index in [1.807, 2.05) is 65.3 Å². The smallest absolute Gasteiger partial charge is 0.227 e. The quantitative estimate of drug-likeness (QED) is 0.781. The Morgan fingerprint density at radius 2 is 1.63 bits per heavy atom. The molecule has 3 atom stereocenters. The molecule has 2 saturated heterocycles. The van der Waals surface area contributed by atoms with E-state index >= 15 is 0 Å². The molecule has 158 valence electrons. The fourth-order valence-corrected chi connectivity index (χ4v) is 4.53. The van der Waals surface area contributed by atoms with Gasteiger partial charge in [-0.15, -0.1) is 0 Å². The minimum Gasteiger partial charge on any atom is -0.367 e. The van der Waals surface area contributed by atoms with E-state index in [2.05, 4.69) is 12.1 Å². The first-order valence-electron chi connectivity index (χ1n) is 10.9. The molecule has 0 radical (unpaired) electrons. The minimum absolute atomic E-state index is 0.00712. The highest BCUT2D eigenvalue weighted by molar-refractivity contribution is 5.82. The van der Waals surface area contributed by atoms with Gasteiger partial charge in [0.25, 0.3) is 0 Å². The van der Waals surface area contributed by atoms with Gasteiger partial charge in [0.15, 0.2) is 0 Å². The number of benzene rings is 2. The zero-order valence-electron chi connectivity index (χ0n) is 17.6. The third-order valence-electron chi connectivity index (χ3n) is 6.06. The van der Waals surface area contributed by atoms with Gasteiger partial charge in [0.05, 0.1) is 25.0 Å². The molecule has 2 fully saturated rings. The molecular formula is C25H30N2O3. The van der Waals surface area contributed by atoms with Crippen LogP contribution in [0, 0.1) is 5.92 Å². The number of piperidine rings is 1. The van der Waals surface area contributed by atoms with E-state index in [1.54, 1.807) is 0 Å². The first kappa shape index (κ1) is 20.6. The molecule has 5 heteroatoms. The number of ether oxygens (including phenoxy) is 1.